The van der Waals surface area contributed by atoms with Gasteiger partial charge in [-0.25, -0.2) is 4.98 Å². The van der Waals surface area contributed by atoms with Crippen molar-refractivity contribution >= 4 is 11.9 Å². The molecule has 7 nitrogen and oxygen atoms in total. The van der Waals surface area contributed by atoms with Crippen LogP contribution in [0.2, 0.25) is 0 Å². The molecule has 7 heteroatoms. The zero-order chi connectivity index (χ0) is 16.4. The summed E-state index contributed by atoms with van der Waals surface area (Å²) in [5.41, 5.74) is 1.29. The SMILES string of the molecule is Cc1nc(N2CCCC(NC(=O)C3CCCO3)C2)[nH]c(=O)c1C. The number of amides is 1. The van der Waals surface area contributed by atoms with Crippen LogP contribution in [0.25, 0.3) is 0 Å². The van der Waals surface area contributed by atoms with E-state index >= 15 is 0 Å². The molecule has 0 saturated carbocycles. The summed E-state index contributed by atoms with van der Waals surface area (Å²) in [6, 6.07) is 0.0624. The highest BCUT2D eigenvalue weighted by Crippen LogP contribution is 2.17. The van der Waals surface area contributed by atoms with Gasteiger partial charge in [0.25, 0.3) is 5.56 Å². The summed E-state index contributed by atoms with van der Waals surface area (Å²) in [6.45, 7) is 5.77. The Morgan fingerprint density at radius 1 is 1.35 bits per heavy atom. The molecule has 1 aromatic rings. The number of piperidine rings is 1. The first-order valence-corrected chi connectivity index (χ1v) is 8.29. The Bertz CT molecular complexity index is 637. The summed E-state index contributed by atoms with van der Waals surface area (Å²) < 4.78 is 5.43. The Morgan fingerprint density at radius 3 is 2.87 bits per heavy atom. The third-order valence-electron chi connectivity index (χ3n) is 4.67. The number of hydrogen-bond donors (Lipinski definition) is 2. The minimum Gasteiger partial charge on any atom is -0.368 e. The number of aryl methyl sites for hydroxylation is 1. The molecule has 126 valence electrons. The van der Waals surface area contributed by atoms with Crippen LogP contribution in [0.15, 0.2) is 4.79 Å². The minimum atomic E-state index is -0.301. The van der Waals surface area contributed by atoms with Crippen molar-refractivity contribution in [3.05, 3.63) is 21.6 Å². The Hall–Kier alpha value is -1.89. The van der Waals surface area contributed by atoms with Crippen LogP contribution in [-0.2, 0) is 9.53 Å². The summed E-state index contributed by atoms with van der Waals surface area (Å²) in [6.07, 6.45) is 3.33. The fraction of sp³-hybridized carbons (Fsp3) is 0.688. The summed E-state index contributed by atoms with van der Waals surface area (Å²) in [7, 11) is 0. The van der Waals surface area contributed by atoms with Gasteiger partial charge in [-0.15, -0.1) is 0 Å². The molecule has 2 aliphatic heterocycles. The molecule has 2 unspecified atom stereocenters. The molecule has 0 radical (unpaired) electrons. The van der Waals surface area contributed by atoms with Crippen molar-refractivity contribution < 1.29 is 9.53 Å². The first-order valence-electron chi connectivity index (χ1n) is 8.29. The average Bonchev–Trinajstić information content (AvgIpc) is 3.07. The van der Waals surface area contributed by atoms with E-state index in [2.05, 4.69) is 15.3 Å². The monoisotopic (exact) mass is 320 g/mol. The van der Waals surface area contributed by atoms with E-state index in [0.717, 1.165) is 37.9 Å². The first kappa shape index (κ1) is 16.0. The maximum absolute atomic E-state index is 12.2. The zero-order valence-corrected chi connectivity index (χ0v) is 13.7. The van der Waals surface area contributed by atoms with Crippen molar-refractivity contribution in [3.63, 3.8) is 0 Å². The number of carbonyl (C=O) groups is 1. The van der Waals surface area contributed by atoms with Crippen molar-refractivity contribution in [3.8, 4) is 0 Å². The molecule has 3 heterocycles. The van der Waals surface area contributed by atoms with Gasteiger partial charge in [-0.2, -0.15) is 0 Å². The highest BCUT2D eigenvalue weighted by molar-refractivity contribution is 5.81. The third-order valence-corrected chi connectivity index (χ3v) is 4.67. The second-order valence-electron chi connectivity index (χ2n) is 6.40. The van der Waals surface area contributed by atoms with Crippen LogP contribution in [0.5, 0.6) is 0 Å². The van der Waals surface area contributed by atoms with Crippen molar-refractivity contribution in [1.29, 1.82) is 0 Å². The van der Waals surface area contributed by atoms with Gasteiger partial charge in [0.05, 0.1) is 0 Å². The van der Waals surface area contributed by atoms with E-state index in [0.29, 0.717) is 24.7 Å². The van der Waals surface area contributed by atoms with Crippen LogP contribution < -0.4 is 15.8 Å². The standard InChI is InChI=1S/C16H24N4O3/c1-10-11(2)17-16(19-14(10)21)20-7-3-5-12(9-20)18-15(22)13-6-4-8-23-13/h12-13H,3-9H2,1-2H3,(H,18,22)(H,17,19,21). The van der Waals surface area contributed by atoms with Crippen molar-refractivity contribution in [1.82, 2.24) is 15.3 Å². The number of hydrogen-bond acceptors (Lipinski definition) is 5. The fourth-order valence-corrected chi connectivity index (χ4v) is 3.15. The molecule has 1 amide bonds. The zero-order valence-electron chi connectivity index (χ0n) is 13.7. The van der Waals surface area contributed by atoms with Crippen LogP contribution in [0.1, 0.15) is 36.9 Å². The van der Waals surface area contributed by atoms with E-state index < -0.39 is 0 Å². The number of rotatable bonds is 3. The predicted molar refractivity (Wildman–Crippen MR) is 86.7 cm³/mol. The molecule has 2 saturated heterocycles. The Morgan fingerprint density at radius 2 is 2.17 bits per heavy atom. The Kier molecular flexibility index (Phi) is 4.66. The number of aromatic amines is 1. The number of ether oxygens (including phenoxy) is 1. The second-order valence-corrected chi connectivity index (χ2v) is 6.40. The molecule has 0 aliphatic carbocycles. The number of anilines is 1. The molecule has 2 N–H and O–H groups in total. The van der Waals surface area contributed by atoms with Gasteiger partial charge in [0.1, 0.15) is 6.10 Å². The van der Waals surface area contributed by atoms with Crippen LogP contribution in [0, 0.1) is 13.8 Å². The van der Waals surface area contributed by atoms with Crippen LogP contribution in [0.4, 0.5) is 5.95 Å². The van der Waals surface area contributed by atoms with Crippen molar-refractivity contribution in [2.24, 2.45) is 0 Å². The maximum atomic E-state index is 12.2. The number of aromatic nitrogens is 2. The fourth-order valence-electron chi connectivity index (χ4n) is 3.15. The maximum Gasteiger partial charge on any atom is 0.255 e. The largest absolute Gasteiger partial charge is 0.368 e. The van der Waals surface area contributed by atoms with Crippen molar-refractivity contribution in [2.45, 2.75) is 51.7 Å². The quantitative estimate of drug-likeness (QED) is 0.854. The van der Waals surface area contributed by atoms with Gasteiger partial charge < -0.3 is 15.0 Å². The van der Waals surface area contributed by atoms with Gasteiger partial charge in [-0.05, 0) is 39.5 Å². The Labute approximate surface area is 135 Å². The summed E-state index contributed by atoms with van der Waals surface area (Å²) in [5.74, 6) is 0.574. The molecular weight excluding hydrogens is 296 g/mol. The lowest BCUT2D eigenvalue weighted by Crippen LogP contribution is -2.50. The molecule has 0 aromatic carbocycles. The molecule has 3 rings (SSSR count). The van der Waals surface area contributed by atoms with Gasteiger partial charge in [-0.1, -0.05) is 0 Å². The molecule has 2 atom stereocenters. The highest BCUT2D eigenvalue weighted by Gasteiger charge is 2.28. The first-order chi connectivity index (χ1) is 11.0. The van der Waals surface area contributed by atoms with E-state index in [1.165, 1.54) is 0 Å². The molecule has 23 heavy (non-hydrogen) atoms. The van der Waals surface area contributed by atoms with Gasteiger partial charge in [-0.3, -0.25) is 14.6 Å². The van der Waals surface area contributed by atoms with E-state index in [1.807, 2.05) is 11.8 Å². The van der Waals surface area contributed by atoms with Gasteiger partial charge in [0.2, 0.25) is 11.9 Å². The van der Waals surface area contributed by atoms with E-state index in [1.54, 1.807) is 6.92 Å². The lowest BCUT2D eigenvalue weighted by molar-refractivity contribution is -0.130. The molecule has 0 bridgehead atoms. The van der Waals surface area contributed by atoms with E-state index in [4.69, 9.17) is 4.74 Å². The average molecular weight is 320 g/mol. The Balaban J connectivity index is 1.66. The topological polar surface area (TPSA) is 87.3 Å². The molecule has 2 aliphatic rings. The molecule has 0 spiro atoms. The smallest absolute Gasteiger partial charge is 0.255 e. The summed E-state index contributed by atoms with van der Waals surface area (Å²) in [5, 5.41) is 3.08. The van der Waals surface area contributed by atoms with E-state index in [9.17, 15) is 9.59 Å². The van der Waals surface area contributed by atoms with Crippen LogP contribution in [-0.4, -0.2) is 47.7 Å². The van der Waals surface area contributed by atoms with Crippen molar-refractivity contribution in [2.75, 3.05) is 24.6 Å². The lowest BCUT2D eigenvalue weighted by Gasteiger charge is -2.34. The molecular formula is C16H24N4O3. The minimum absolute atomic E-state index is 0.0177. The molecule has 1 aromatic heterocycles. The normalized spacial score (nSPS) is 24.7. The van der Waals surface area contributed by atoms with Crippen LogP contribution in [0.3, 0.4) is 0 Å². The third kappa shape index (κ3) is 3.55. The van der Waals surface area contributed by atoms with Crippen LogP contribution >= 0.6 is 0 Å². The predicted octanol–water partition coefficient (Wildman–Crippen LogP) is 0.651. The summed E-state index contributed by atoms with van der Waals surface area (Å²) in [4.78, 5) is 33.5. The van der Waals surface area contributed by atoms with E-state index in [-0.39, 0.29) is 23.6 Å². The summed E-state index contributed by atoms with van der Waals surface area (Å²) >= 11 is 0. The van der Waals surface area contributed by atoms with Gasteiger partial charge in [0.15, 0.2) is 0 Å². The van der Waals surface area contributed by atoms with Gasteiger partial charge >= 0.3 is 0 Å². The highest BCUT2D eigenvalue weighted by atomic mass is 16.5. The lowest BCUT2D eigenvalue weighted by atomic mass is 10.1. The number of nitrogens with zero attached hydrogens (tertiary/aromatic N) is 2. The number of nitrogens with one attached hydrogen (secondary N) is 2. The number of H-pyrrole nitrogens is 1. The molecule has 2 fully saturated rings. The second kappa shape index (κ2) is 6.70. The van der Waals surface area contributed by atoms with Gasteiger partial charge in [0, 0.05) is 37.0 Å². The number of carbonyl (C=O) groups excluding carboxylic acids is 1.